The van der Waals surface area contributed by atoms with Crippen LogP contribution in [0.2, 0.25) is 0 Å². The Morgan fingerprint density at radius 2 is 2.56 bits per heavy atom. The van der Waals surface area contributed by atoms with E-state index in [-0.39, 0.29) is 5.91 Å². The molecule has 1 heterocycles. The van der Waals surface area contributed by atoms with Gasteiger partial charge in [0.1, 0.15) is 0 Å². The molecule has 50 valence electrons. The third kappa shape index (κ3) is 1.25. The first-order chi connectivity index (χ1) is 4.24. The third-order valence-corrected chi connectivity index (χ3v) is 2.00. The Balaban J connectivity index is 2.70. The Kier molecular flexibility index (Phi) is 1.78. The van der Waals surface area contributed by atoms with Crippen LogP contribution in [0.4, 0.5) is 0 Å². The van der Waals surface area contributed by atoms with Gasteiger partial charge in [0.05, 0.1) is 4.91 Å². The van der Waals surface area contributed by atoms with Gasteiger partial charge in [-0.05, 0) is 6.92 Å². The lowest BCUT2D eigenvalue weighted by Crippen LogP contribution is -2.23. The molecule has 1 atom stereocenters. The molecule has 3 nitrogen and oxygen atoms in total. The van der Waals surface area contributed by atoms with Gasteiger partial charge in [-0.25, -0.2) is 0 Å². The second-order valence-corrected chi connectivity index (χ2v) is 2.72. The van der Waals surface area contributed by atoms with Crippen molar-refractivity contribution in [2.24, 2.45) is 0 Å². The fraction of sp³-hybridized carbons (Fsp3) is 0.400. The van der Waals surface area contributed by atoms with Gasteiger partial charge >= 0.3 is 0 Å². The van der Waals surface area contributed by atoms with E-state index in [4.69, 9.17) is 5.11 Å². The lowest BCUT2D eigenvalue weighted by molar-refractivity contribution is -0.117. The van der Waals surface area contributed by atoms with Crippen LogP contribution in [0, 0.1) is 0 Å². The van der Waals surface area contributed by atoms with Crippen LogP contribution in [0.5, 0.6) is 0 Å². The van der Waals surface area contributed by atoms with E-state index in [0.717, 1.165) is 11.8 Å². The molecule has 1 unspecified atom stereocenters. The minimum Gasteiger partial charge on any atom is -0.364 e. The Morgan fingerprint density at radius 3 is 2.78 bits per heavy atom. The molecular weight excluding hydrogens is 138 g/mol. The van der Waals surface area contributed by atoms with Crippen molar-refractivity contribution in [3.63, 3.8) is 0 Å². The van der Waals surface area contributed by atoms with Crippen molar-refractivity contribution >= 4 is 17.7 Å². The summed E-state index contributed by atoms with van der Waals surface area (Å²) in [6, 6.07) is 0. The molecule has 9 heavy (non-hydrogen) atoms. The number of amides is 1. The van der Waals surface area contributed by atoms with Crippen LogP contribution in [0.3, 0.4) is 0 Å². The number of aliphatic hydroxyl groups is 1. The number of nitrogens with one attached hydrogen (secondary N) is 1. The number of aliphatic hydroxyl groups excluding tert-OH is 1. The van der Waals surface area contributed by atoms with Crippen molar-refractivity contribution in [1.82, 2.24) is 5.32 Å². The monoisotopic (exact) mass is 145 g/mol. The van der Waals surface area contributed by atoms with Crippen molar-refractivity contribution in [2.45, 2.75) is 12.5 Å². The number of carbonyl (C=O) groups excluding carboxylic acids is 1. The van der Waals surface area contributed by atoms with E-state index in [2.05, 4.69) is 5.32 Å². The molecule has 1 aliphatic heterocycles. The van der Waals surface area contributed by atoms with Gasteiger partial charge in [0.15, 0.2) is 5.56 Å². The molecule has 1 rings (SSSR count). The van der Waals surface area contributed by atoms with Crippen LogP contribution in [-0.2, 0) is 4.79 Å². The van der Waals surface area contributed by atoms with Gasteiger partial charge in [-0.15, -0.1) is 0 Å². The Labute approximate surface area is 57.1 Å². The summed E-state index contributed by atoms with van der Waals surface area (Å²) < 4.78 is 0. The summed E-state index contributed by atoms with van der Waals surface area (Å²) in [6.45, 7) is 1.76. The molecular formula is C5H7NO2S. The van der Waals surface area contributed by atoms with Gasteiger partial charge < -0.3 is 10.4 Å². The second kappa shape index (κ2) is 2.41. The highest BCUT2D eigenvalue weighted by molar-refractivity contribution is 8.04. The standard InChI is InChI=1S/C5H7NO2S/c1-2-3-4(7)6-5(8)9-3/h2,5,8H,1H3,(H,6,7)/b3-2-. The topological polar surface area (TPSA) is 49.3 Å². The van der Waals surface area contributed by atoms with E-state index in [1.54, 1.807) is 13.0 Å². The van der Waals surface area contributed by atoms with E-state index in [1.165, 1.54) is 0 Å². The van der Waals surface area contributed by atoms with Crippen LogP contribution in [0.1, 0.15) is 6.92 Å². The number of hydrogen-bond acceptors (Lipinski definition) is 3. The smallest absolute Gasteiger partial charge is 0.260 e. The van der Waals surface area contributed by atoms with Crippen LogP contribution in [-0.4, -0.2) is 16.6 Å². The van der Waals surface area contributed by atoms with E-state index in [0.29, 0.717) is 4.91 Å². The molecule has 0 radical (unpaired) electrons. The van der Waals surface area contributed by atoms with Crippen molar-refractivity contribution in [3.05, 3.63) is 11.0 Å². The zero-order chi connectivity index (χ0) is 6.85. The number of rotatable bonds is 0. The molecule has 0 spiro atoms. The predicted octanol–water partition coefficient (Wildman–Crippen LogP) is 0.0291. The van der Waals surface area contributed by atoms with Gasteiger partial charge in [-0.1, -0.05) is 17.8 Å². The molecule has 0 aromatic rings. The van der Waals surface area contributed by atoms with Gasteiger partial charge in [-0.2, -0.15) is 0 Å². The molecule has 2 N–H and O–H groups in total. The first-order valence-corrected chi connectivity index (χ1v) is 3.44. The normalized spacial score (nSPS) is 31.1. The number of allylic oxidation sites excluding steroid dienone is 1. The summed E-state index contributed by atoms with van der Waals surface area (Å²) in [7, 11) is 0. The fourth-order valence-electron chi connectivity index (χ4n) is 0.586. The van der Waals surface area contributed by atoms with Crippen molar-refractivity contribution in [2.75, 3.05) is 0 Å². The van der Waals surface area contributed by atoms with Crippen LogP contribution in [0.15, 0.2) is 11.0 Å². The number of thioether (sulfide) groups is 1. The van der Waals surface area contributed by atoms with Crippen molar-refractivity contribution in [1.29, 1.82) is 0 Å². The van der Waals surface area contributed by atoms with Crippen LogP contribution < -0.4 is 5.32 Å². The van der Waals surface area contributed by atoms with Gasteiger partial charge in [-0.3, -0.25) is 4.79 Å². The highest BCUT2D eigenvalue weighted by atomic mass is 32.2. The molecule has 0 saturated carbocycles. The third-order valence-electron chi connectivity index (χ3n) is 0.979. The molecule has 1 fully saturated rings. The average molecular weight is 145 g/mol. The summed E-state index contributed by atoms with van der Waals surface area (Å²) in [5.74, 6) is -0.185. The zero-order valence-electron chi connectivity index (χ0n) is 4.92. The zero-order valence-corrected chi connectivity index (χ0v) is 5.73. The van der Waals surface area contributed by atoms with Gasteiger partial charge in [0.2, 0.25) is 0 Å². The van der Waals surface area contributed by atoms with Gasteiger partial charge in [0, 0.05) is 0 Å². The summed E-state index contributed by atoms with van der Waals surface area (Å²) in [6.07, 6.45) is 1.68. The summed E-state index contributed by atoms with van der Waals surface area (Å²) in [5, 5.41) is 11.1. The molecule has 1 saturated heterocycles. The van der Waals surface area contributed by atoms with Crippen molar-refractivity contribution < 1.29 is 9.90 Å². The molecule has 0 aromatic heterocycles. The molecule has 0 aliphatic carbocycles. The molecule has 0 bridgehead atoms. The minimum atomic E-state index is -0.747. The molecule has 4 heteroatoms. The quantitative estimate of drug-likeness (QED) is 0.473. The highest BCUT2D eigenvalue weighted by Gasteiger charge is 2.23. The summed E-state index contributed by atoms with van der Waals surface area (Å²) >= 11 is 1.13. The molecule has 1 aliphatic rings. The number of hydrogen-bond donors (Lipinski definition) is 2. The molecule has 1 amide bonds. The predicted molar refractivity (Wildman–Crippen MR) is 35.5 cm³/mol. The first kappa shape index (κ1) is 6.64. The molecule has 0 aromatic carbocycles. The Bertz CT molecular complexity index is 166. The van der Waals surface area contributed by atoms with Gasteiger partial charge in [0.25, 0.3) is 5.91 Å². The Morgan fingerprint density at radius 1 is 1.89 bits per heavy atom. The maximum Gasteiger partial charge on any atom is 0.260 e. The van der Waals surface area contributed by atoms with E-state index in [9.17, 15) is 4.79 Å². The lowest BCUT2D eigenvalue weighted by Gasteiger charge is -1.93. The number of carbonyl (C=O) groups is 1. The van der Waals surface area contributed by atoms with E-state index < -0.39 is 5.56 Å². The maximum absolute atomic E-state index is 10.7. The first-order valence-electron chi connectivity index (χ1n) is 2.56. The van der Waals surface area contributed by atoms with E-state index in [1.807, 2.05) is 0 Å². The Hall–Kier alpha value is -0.480. The second-order valence-electron chi connectivity index (χ2n) is 1.60. The maximum atomic E-state index is 10.7. The average Bonchev–Trinajstić information content (AvgIpc) is 2.10. The van der Waals surface area contributed by atoms with E-state index >= 15 is 0 Å². The summed E-state index contributed by atoms with van der Waals surface area (Å²) in [5.41, 5.74) is -0.747. The van der Waals surface area contributed by atoms with Crippen LogP contribution in [0.25, 0.3) is 0 Å². The largest absolute Gasteiger partial charge is 0.364 e. The summed E-state index contributed by atoms with van der Waals surface area (Å²) in [4.78, 5) is 11.2. The minimum absolute atomic E-state index is 0.185. The highest BCUT2D eigenvalue weighted by Crippen LogP contribution is 2.24. The van der Waals surface area contributed by atoms with Crippen molar-refractivity contribution in [3.8, 4) is 0 Å². The lowest BCUT2D eigenvalue weighted by atomic mass is 10.5. The fourth-order valence-corrected chi connectivity index (χ4v) is 1.29. The van der Waals surface area contributed by atoms with Crippen LogP contribution >= 0.6 is 11.8 Å². The SMILES string of the molecule is C/C=C1\SC(O)NC1=O.